The maximum absolute atomic E-state index is 13.9. The Morgan fingerprint density at radius 1 is 1.11 bits per heavy atom. The molecule has 0 amide bonds. The number of aryl methyl sites for hydroxylation is 1. The molecule has 3 heteroatoms. The first-order valence-corrected chi connectivity index (χ1v) is 6.25. The fourth-order valence-corrected chi connectivity index (χ4v) is 2.42. The lowest BCUT2D eigenvalue weighted by atomic mass is 10.1. The van der Waals surface area contributed by atoms with Gasteiger partial charge in [0.2, 0.25) is 0 Å². The molecule has 0 spiro atoms. The molecule has 3 rings (SSSR count). The predicted molar refractivity (Wildman–Crippen MR) is 78.0 cm³/mol. The molecule has 2 N–H and O–H groups in total. The van der Waals surface area contributed by atoms with Crippen LogP contribution >= 0.6 is 0 Å². The molecule has 2 nitrogen and oxygen atoms in total. The normalized spacial score (nSPS) is 10.9. The molecule has 0 saturated carbocycles. The van der Waals surface area contributed by atoms with Gasteiger partial charge < -0.3 is 10.3 Å². The Bertz CT molecular complexity index is 744. The van der Waals surface area contributed by atoms with Gasteiger partial charge in [0, 0.05) is 29.2 Å². The van der Waals surface area contributed by atoms with Crippen LogP contribution in [-0.4, -0.2) is 12.0 Å². The zero-order valence-corrected chi connectivity index (χ0v) is 10.9. The van der Waals surface area contributed by atoms with Gasteiger partial charge in [-0.15, -0.1) is 0 Å². The third kappa shape index (κ3) is 1.87. The number of anilines is 1. The second kappa shape index (κ2) is 4.43. The summed E-state index contributed by atoms with van der Waals surface area (Å²) < 4.78 is 13.9. The Morgan fingerprint density at radius 2 is 1.89 bits per heavy atom. The van der Waals surface area contributed by atoms with Crippen molar-refractivity contribution >= 4 is 16.6 Å². The molecule has 1 heterocycles. The first-order valence-electron chi connectivity index (χ1n) is 6.25. The SMILES string of the molecule is CNc1ccc2[nH]c(-c3ccccc3F)c(C)c2c1. The first-order chi connectivity index (χ1) is 9.20. The summed E-state index contributed by atoms with van der Waals surface area (Å²) in [6, 6.07) is 12.9. The molecule has 2 aromatic carbocycles. The van der Waals surface area contributed by atoms with Crippen LogP contribution in [0.1, 0.15) is 5.56 Å². The second-order valence-electron chi connectivity index (χ2n) is 4.62. The fraction of sp³-hybridized carbons (Fsp3) is 0.125. The van der Waals surface area contributed by atoms with Crippen LogP contribution in [0.3, 0.4) is 0 Å². The van der Waals surface area contributed by atoms with Crippen LogP contribution in [0.5, 0.6) is 0 Å². The van der Waals surface area contributed by atoms with E-state index in [9.17, 15) is 4.39 Å². The average molecular weight is 254 g/mol. The van der Waals surface area contributed by atoms with Gasteiger partial charge in [0.1, 0.15) is 5.82 Å². The highest BCUT2D eigenvalue weighted by Gasteiger charge is 2.12. The summed E-state index contributed by atoms with van der Waals surface area (Å²) in [5.41, 5.74) is 4.60. The van der Waals surface area contributed by atoms with Crippen molar-refractivity contribution in [1.29, 1.82) is 0 Å². The van der Waals surface area contributed by atoms with Crippen LogP contribution in [0.2, 0.25) is 0 Å². The van der Waals surface area contributed by atoms with Crippen molar-refractivity contribution in [3.05, 3.63) is 53.8 Å². The van der Waals surface area contributed by atoms with Gasteiger partial charge in [0.25, 0.3) is 0 Å². The van der Waals surface area contributed by atoms with Crippen molar-refractivity contribution < 1.29 is 4.39 Å². The molecule has 0 fully saturated rings. The van der Waals surface area contributed by atoms with Gasteiger partial charge in [-0.2, -0.15) is 0 Å². The van der Waals surface area contributed by atoms with Crippen molar-refractivity contribution in [2.24, 2.45) is 0 Å². The molecule has 0 radical (unpaired) electrons. The number of fused-ring (bicyclic) bond motifs is 1. The number of rotatable bonds is 2. The molecule has 1 aromatic heterocycles. The molecule has 0 bridgehead atoms. The van der Waals surface area contributed by atoms with Crippen molar-refractivity contribution in [1.82, 2.24) is 4.98 Å². The molecular weight excluding hydrogens is 239 g/mol. The lowest BCUT2D eigenvalue weighted by Gasteiger charge is -2.02. The highest BCUT2D eigenvalue weighted by Crippen LogP contribution is 2.32. The van der Waals surface area contributed by atoms with Crippen molar-refractivity contribution in [3.63, 3.8) is 0 Å². The van der Waals surface area contributed by atoms with E-state index in [1.165, 1.54) is 6.07 Å². The molecule has 0 atom stereocenters. The summed E-state index contributed by atoms with van der Waals surface area (Å²) in [6.45, 7) is 2.01. The Morgan fingerprint density at radius 3 is 2.63 bits per heavy atom. The number of aromatic nitrogens is 1. The lowest BCUT2D eigenvalue weighted by Crippen LogP contribution is -1.86. The molecular formula is C16H15FN2. The van der Waals surface area contributed by atoms with E-state index < -0.39 is 0 Å². The van der Waals surface area contributed by atoms with Crippen LogP contribution in [0.25, 0.3) is 22.2 Å². The molecule has 0 unspecified atom stereocenters. The zero-order chi connectivity index (χ0) is 13.4. The van der Waals surface area contributed by atoms with Crippen LogP contribution in [-0.2, 0) is 0 Å². The van der Waals surface area contributed by atoms with E-state index in [4.69, 9.17) is 0 Å². The number of hydrogen-bond acceptors (Lipinski definition) is 1. The van der Waals surface area contributed by atoms with Gasteiger partial charge in [0.05, 0.1) is 5.69 Å². The summed E-state index contributed by atoms with van der Waals surface area (Å²) in [6.07, 6.45) is 0. The summed E-state index contributed by atoms with van der Waals surface area (Å²) in [5, 5.41) is 4.23. The summed E-state index contributed by atoms with van der Waals surface area (Å²) in [5.74, 6) is -0.203. The van der Waals surface area contributed by atoms with Gasteiger partial charge in [-0.25, -0.2) is 4.39 Å². The van der Waals surface area contributed by atoms with E-state index in [-0.39, 0.29) is 5.82 Å². The van der Waals surface area contributed by atoms with Gasteiger partial charge in [-0.1, -0.05) is 12.1 Å². The van der Waals surface area contributed by atoms with E-state index >= 15 is 0 Å². The molecule has 0 saturated heterocycles. The first kappa shape index (κ1) is 11.8. The van der Waals surface area contributed by atoms with Crippen LogP contribution in [0.4, 0.5) is 10.1 Å². The monoisotopic (exact) mass is 254 g/mol. The minimum atomic E-state index is -0.203. The summed E-state index contributed by atoms with van der Waals surface area (Å²) in [4.78, 5) is 3.30. The van der Waals surface area contributed by atoms with Crippen molar-refractivity contribution in [2.75, 3.05) is 12.4 Å². The minimum Gasteiger partial charge on any atom is -0.388 e. The molecule has 0 aliphatic rings. The van der Waals surface area contributed by atoms with Gasteiger partial charge >= 0.3 is 0 Å². The standard InChI is InChI=1S/C16H15FN2/c1-10-13-9-11(18-2)7-8-15(13)19-16(10)12-5-3-4-6-14(12)17/h3-9,18-19H,1-2H3. The van der Waals surface area contributed by atoms with Crippen LogP contribution < -0.4 is 5.32 Å². The molecule has 96 valence electrons. The highest BCUT2D eigenvalue weighted by molar-refractivity contribution is 5.92. The average Bonchev–Trinajstić information content (AvgIpc) is 2.76. The highest BCUT2D eigenvalue weighted by atomic mass is 19.1. The van der Waals surface area contributed by atoms with E-state index in [1.54, 1.807) is 12.1 Å². The quantitative estimate of drug-likeness (QED) is 0.700. The maximum Gasteiger partial charge on any atom is 0.132 e. The van der Waals surface area contributed by atoms with Gasteiger partial charge in [0.15, 0.2) is 0 Å². The number of halogens is 1. The Hall–Kier alpha value is -2.29. The summed E-state index contributed by atoms with van der Waals surface area (Å²) >= 11 is 0. The van der Waals surface area contributed by atoms with E-state index in [0.717, 1.165) is 27.8 Å². The largest absolute Gasteiger partial charge is 0.388 e. The molecule has 3 aromatic rings. The van der Waals surface area contributed by atoms with Crippen molar-refractivity contribution in [3.8, 4) is 11.3 Å². The molecule has 0 aliphatic carbocycles. The van der Waals surface area contributed by atoms with Gasteiger partial charge in [-0.05, 0) is 42.8 Å². The van der Waals surface area contributed by atoms with Crippen LogP contribution in [0, 0.1) is 12.7 Å². The minimum absolute atomic E-state index is 0.203. The summed E-state index contributed by atoms with van der Waals surface area (Å²) in [7, 11) is 1.89. The van der Waals surface area contributed by atoms with E-state index in [1.807, 2.05) is 32.2 Å². The number of H-pyrrole nitrogens is 1. The maximum atomic E-state index is 13.9. The second-order valence-corrected chi connectivity index (χ2v) is 4.62. The molecule has 19 heavy (non-hydrogen) atoms. The van der Waals surface area contributed by atoms with E-state index in [2.05, 4.69) is 16.4 Å². The lowest BCUT2D eigenvalue weighted by molar-refractivity contribution is 0.631. The number of benzene rings is 2. The predicted octanol–water partition coefficient (Wildman–Crippen LogP) is 4.32. The number of hydrogen-bond donors (Lipinski definition) is 2. The third-order valence-corrected chi connectivity index (χ3v) is 3.49. The van der Waals surface area contributed by atoms with Crippen LogP contribution in [0.15, 0.2) is 42.5 Å². The molecule has 0 aliphatic heterocycles. The van der Waals surface area contributed by atoms with E-state index in [0.29, 0.717) is 5.56 Å². The van der Waals surface area contributed by atoms with Crippen molar-refractivity contribution in [2.45, 2.75) is 6.92 Å². The smallest absolute Gasteiger partial charge is 0.132 e. The van der Waals surface area contributed by atoms with Gasteiger partial charge in [-0.3, -0.25) is 0 Å². The third-order valence-electron chi connectivity index (χ3n) is 3.49. The number of nitrogens with one attached hydrogen (secondary N) is 2. The fourth-order valence-electron chi connectivity index (χ4n) is 2.42. The Labute approximate surface area is 111 Å². The zero-order valence-electron chi connectivity index (χ0n) is 10.9. The Kier molecular flexibility index (Phi) is 2.75. The Balaban J connectivity index is 2.26. The topological polar surface area (TPSA) is 27.8 Å². The number of aromatic amines is 1.